The molecule has 6 nitrogen and oxygen atoms in total. The number of H-pyrrole nitrogens is 2. The Bertz CT molecular complexity index is 1720. The van der Waals surface area contributed by atoms with Gasteiger partial charge in [-0.2, -0.15) is 0 Å². The van der Waals surface area contributed by atoms with Gasteiger partial charge in [-0.15, -0.1) is 0 Å². The van der Waals surface area contributed by atoms with E-state index in [9.17, 15) is 0 Å². The van der Waals surface area contributed by atoms with Crippen LogP contribution in [0.1, 0.15) is 54.3 Å². The zero-order chi connectivity index (χ0) is 25.9. The number of fused-ring (bicyclic) bond motifs is 4. The first kappa shape index (κ1) is 22.9. The third-order valence-corrected chi connectivity index (χ3v) is 8.72. The topological polar surface area (TPSA) is 81.4 Å². The van der Waals surface area contributed by atoms with Crippen molar-refractivity contribution in [3.63, 3.8) is 0 Å². The lowest BCUT2D eigenvalue weighted by Gasteiger charge is -2.16. The quantitative estimate of drug-likeness (QED) is 0.210. The first-order valence-corrected chi connectivity index (χ1v) is 14.2. The van der Waals surface area contributed by atoms with Gasteiger partial charge < -0.3 is 20.6 Å². The molecule has 4 N–H and O–H groups in total. The molecule has 0 spiro atoms. The summed E-state index contributed by atoms with van der Waals surface area (Å²) in [4.78, 5) is 17.0. The van der Waals surface area contributed by atoms with Gasteiger partial charge in [-0.3, -0.25) is 0 Å². The molecule has 2 fully saturated rings. The highest BCUT2D eigenvalue weighted by Gasteiger charge is 2.26. The maximum atomic E-state index is 5.04. The molecule has 5 aromatic rings. The highest BCUT2D eigenvalue weighted by atomic mass is 15.1. The lowest BCUT2D eigenvalue weighted by molar-refractivity contribution is 0.611. The summed E-state index contributed by atoms with van der Waals surface area (Å²) in [5, 5.41) is 7.06. The Hall–Kier alpha value is -4.00. The molecule has 1 aliphatic carbocycles. The number of aryl methyl sites for hydroxylation is 2. The Morgan fingerprint density at radius 1 is 0.718 bits per heavy atom. The highest BCUT2D eigenvalue weighted by molar-refractivity contribution is 5.83. The van der Waals surface area contributed by atoms with Crippen molar-refractivity contribution in [3.8, 4) is 33.5 Å². The van der Waals surface area contributed by atoms with Crippen molar-refractivity contribution in [1.29, 1.82) is 0 Å². The van der Waals surface area contributed by atoms with Gasteiger partial charge in [0.15, 0.2) is 0 Å². The standard InChI is InChI=1S/C33H32N6/c1-19-14-16-35-30(19)33-36-26-12-9-23(18-29(26)38-33)21-6-4-20(5-7-21)22-8-11-25-24(17-22)10-13-27-31(25)39-32(37-27)28-3-2-15-34-28/h4-9,11-12,17-18,28,30,34-35H,1-3,10,13-16H2,(H,36,38)(H,37,39)/t28?,30-/m0/s1. The molecule has 3 aliphatic rings. The minimum atomic E-state index is 0.128. The van der Waals surface area contributed by atoms with Crippen LogP contribution in [-0.4, -0.2) is 33.0 Å². The van der Waals surface area contributed by atoms with Crippen LogP contribution in [0.4, 0.5) is 0 Å². The lowest BCUT2D eigenvalue weighted by Crippen LogP contribution is -2.14. The second-order valence-corrected chi connectivity index (χ2v) is 11.2. The van der Waals surface area contributed by atoms with Crippen molar-refractivity contribution in [2.75, 3.05) is 13.1 Å². The predicted molar refractivity (Wildman–Crippen MR) is 156 cm³/mol. The number of hydrogen-bond acceptors (Lipinski definition) is 4. The molecule has 2 aromatic heterocycles. The fourth-order valence-corrected chi connectivity index (χ4v) is 6.54. The maximum absolute atomic E-state index is 5.04. The Labute approximate surface area is 228 Å². The summed E-state index contributed by atoms with van der Waals surface area (Å²) in [6, 6.07) is 22.8. The number of nitrogens with one attached hydrogen (secondary N) is 4. The summed E-state index contributed by atoms with van der Waals surface area (Å²) in [5.41, 5.74) is 13.2. The van der Waals surface area contributed by atoms with Crippen LogP contribution < -0.4 is 10.6 Å². The molecule has 0 saturated carbocycles. The fourth-order valence-electron chi connectivity index (χ4n) is 6.54. The Balaban J connectivity index is 1.05. The summed E-state index contributed by atoms with van der Waals surface area (Å²) in [6.45, 7) is 6.25. The van der Waals surface area contributed by atoms with Gasteiger partial charge in [0.25, 0.3) is 0 Å². The molecular formula is C33H32N6. The molecule has 0 radical (unpaired) electrons. The molecule has 0 bridgehead atoms. The van der Waals surface area contributed by atoms with Gasteiger partial charge in [-0.1, -0.05) is 60.7 Å². The van der Waals surface area contributed by atoms with Gasteiger partial charge in [0.2, 0.25) is 0 Å². The van der Waals surface area contributed by atoms with Crippen LogP contribution in [0, 0.1) is 0 Å². The van der Waals surface area contributed by atoms with Gasteiger partial charge in [0.1, 0.15) is 11.6 Å². The first-order valence-electron chi connectivity index (χ1n) is 14.2. The summed E-state index contributed by atoms with van der Waals surface area (Å²) in [5.74, 6) is 2.07. The Kier molecular flexibility index (Phi) is 5.32. The zero-order valence-electron chi connectivity index (χ0n) is 22.0. The van der Waals surface area contributed by atoms with E-state index in [4.69, 9.17) is 9.97 Å². The second-order valence-electron chi connectivity index (χ2n) is 11.2. The second kappa shape index (κ2) is 9.04. The van der Waals surface area contributed by atoms with E-state index in [1.165, 1.54) is 57.5 Å². The number of nitrogens with zero attached hydrogens (tertiary/aromatic N) is 2. The van der Waals surface area contributed by atoms with Crippen molar-refractivity contribution < 1.29 is 0 Å². The molecule has 39 heavy (non-hydrogen) atoms. The molecule has 2 aliphatic heterocycles. The number of aromatic nitrogens is 4. The number of hydrogen-bond donors (Lipinski definition) is 4. The van der Waals surface area contributed by atoms with E-state index in [0.717, 1.165) is 60.7 Å². The monoisotopic (exact) mass is 512 g/mol. The highest BCUT2D eigenvalue weighted by Crippen LogP contribution is 2.37. The van der Waals surface area contributed by atoms with Crippen LogP contribution in [0.25, 0.3) is 44.5 Å². The SMILES string of the molecule is C=C1CCN[C@@H]1c1nc2ccc(-c3ccc(-c4ccc5c(c4)CCc4[nH]c(C6CCCN6)nc4-5)cc3)cc2[nH]1. The van der Waals surface area contributed by atoms with Gasteiger partial charge in [0.05, 0.1) is 28.8 Å². The number of benzene rings is 3. The smallest absolute Gasteiger partial charge is 0.128 e. The summed E-state index contributed by atoms with van der Waals surface area (Å²) in [6.07, 6.45) is 5.46. The van der Waals surface area contributed by atoms with Crippen LogP contribution in [0.5, 0.6) is 0 Å². The third-order valence-electron chi connectivity index (χ3n) is 8.72. The summed E-state index contributed by atoms with van der Waals surface area (Å²) in [7, 11) is 0. The molecule has 0 amide bonds. The van der Waals surface area contributed by atoms with Crippen LogP contribution in [-0.2, 0) is 12.8 Å². The van der Waals surface area contributed by atoms with E-state index in [-0.39, 0.29) is 6.04 Å². The molecule has 4 heterocycles. The van der Waals surface area contributed by atoms with Crippen molar-refractivity contribution in [2.45, 2.75) is 44.2 Å². The zero-order valence-corrected chi connectivity index (χ0v) is 22.0. The van der Waals surface area contributed by atoms with E-state index < -0.39 is 0 Å². The normalized spacial score (nSPS) is 20.5. The summed E-state index contributed by atoms with van der Waals surface area (Å²) >= 11 is 0. The average molecular weight is 513 g/mol. The van der Waals surface area contributed by atoms with Gasteiger partial charge in [-0.05, 0) is 85.1 Å². The molecule has 6 heteroatoms. The van der Waals surface area contributed by atoms with E-state index in [2.05, 4.69) is 87.8 Å². The third kappa shape index (κ3) is 3.94. The molecule has 2 saturated heterocycles. The number of aromatic amines is 2. The lowest BCUT2D eigenvalue weighted by atomic mass is 9.89. The minimum absolute atomic E-state index is 0.128. The average Bonchev–Trinajstić information content (AvgIpc) is 3.78. The van der Waals surface area contributed by atoms with E-state index >= 15 is 0 Å². The van der Waals surface area contributed by atoms with E-state index in [1.54, 1.807) is 0 Å². The van der Waals surface area contributed by atoms with Crippen LogP contribution >= 0.6 is 0 Å². The Morgan fingerprint density at radius 2 is 1.51 bits per heavy atom. The van der Waals surface area contributed by atoms with Crippen LogP contribution in [0.2, 0.25) is 0 Å². The fraction of sp³-hybridized carbons (Fsp3) is 0.273. The molecular weight excluding hydrogens is 480 g/mol. The molecule has 3 aromatic carbocycles. The molecule has 194 valence electrons. The van der Waals surface area contributed by atoms with Crippen molar-refractivity contribution >= 4 is 11.0 Å². The van der Waals surface area contributed by atoms with Gasteiger partial charge in [0, 0.05) is 11.3 Å². The Morgan fingerprint density at radius 3 is 2.28 bits per heavy atom. The number of rotatable bonds is 4. The van der Waals surface area contributed by atoms with Crippen molar-refractivity contribution in [3.05, 3.63) is 95.7 Å². The maximum Gasteiger partial charge on any atom is 0.128 e. The van der Waals surface area contributed by atoms with Crippen LogP contribution in [0.15, 0.2) is 72.8 Å². The predicted octanol–water partition coefficient (Wildman–Crippen LogP) is 6.40. The molecule has 1 unspecified atom stereocenters. The molecule has 2 atom stereocenters. The largest absolute Gasteiger partial charge is 0.344 e. The first-order chi connectivity index (χ1) is 19.2. The number of imidazole rings is 2. The molecule has 8 rings (SSSR count). The van der Waals surface area contributed by atoms with E-state index in [1.807, 2.05) is 0 Å². The minimum Gasteiger partial charge on any atom is -0.344 e. The van der Waals surface area contributed by atoms with Gasteiger partial charge >= 0.3 is 0 Å². The van der Waals surface area contributed by atoms with Gasteiger partial charge in [-0.25, -0.2) is 9.97 Å². The summed E-state index contributed by atoms with van der Waals surface area (Å²) < 4.78 is 0. The van der Waals surface area contributed by atoms with Crippen molar-refractivity contribution in [1.82, 2.24) is 30.6 Å². The van der Waals surface area contributed by atoms with Crippen molar-refractivity contribution in [2.24, 2.45) is 0 Å². The van der Waals surface area contributed by atoms with E-state index in [0.29, 0.717) is 6.04 Å². The van der Waals surface area contributed by atoms with Crippen LogP contribution in [0.3, 0.4) is 0 Å².